The van der Waals surface area contributed by atoms with Crippen molar-refractivity contribution in [2.24, 2.45) is 0 Å². The lowest BCUT2D eigenvalue weighted by molar-refractivity contribution is -0.143. The van der Waals surface area contributed by atoms with Crippen LogP contribution in [0.1, 0.15) is 47.7 Å². The van der Waals surface area contributed by atoms with Gasteiger partial charge in [-0.05, 0) is 86.0 Å². The highest BCUT2D eigenvalue weighted by atomic mass is 19.1. The summed E-state index contributed by atoms with van der Waals surface area (Å²) in [4.78, 5) is 40.6. The molecule has 0 radical (unpaired) electrons. The number of furan rings is 1. The number of ether oxygens (including phenoxy) is 2. The molecule has 0 fully saturated rings. The maximum atomic E-state index is 15.9. The van der Waals surface area contributed by atoms with E-state index in [0.29, 0.717) is 16.9 Å². The van der Waals surface area contributed by atoms with E-state index in [1.54, 1.807) is 38.1 Å². The van der Waals surface area contributed by atoms with E-state index in [9.17, 15) is 14.4 Å². The molecule has 10 heteroatoms. The predicted molar refractivity (Wildman–Crippen MR) is 159 cm³/mol. The number of hydrogen-bond acceptors (Lipinski definition) is 6. The Morgan fingerprint density at radius 1 is 1.00 bits per heavy atom. The van der Waals surface area contributed by atoms with Crippen LogP contribution in [0.5, 0.6) is 11.5 Å². The van der Waals surface area contributed by atoms with Gasteiger partial charge in [0.2, 0.25) is 5.91 Å². The summed E-state index contributed by atoms with van der Waals surface area (Å²) in [5.41, 5.74) is 1.87. The second-order valence-electron chi connectivity index (χ2n) is 10.6. The molecule has 8 nitrogen and oxygen atoms in total. The molecule has 4 bridgehead atoms. The molecule has 224 valence electrons. The van der Waals surface area contributed by atoms with Gasteiger partial charge in [-0.1, -0.05) is 12.1 Å². The lowest BCUT2D eigenvalue weighted by Gasteiger charge is -2.25. The summed E-state index contributed by atoms with van der Waals surface area (Å²) in [6, 6.07) is 12.7. The van der Waals surface area contributed by atoms with Gasteiger partial charge in [0, 0.05) is 22.9 Å². The summed E-state index contributed by atoms with van der Waals surface area (Å²) in [5, 5.41) is 2.92. The highest BCUT2D eigenvalue weighted by molar-refractivity contribution is 5.86. The van der Waals surface area contributed by atoms with Crippen molar-refractivity contribution < 1.29 is 32.3 Å². The molecule has 1 aliphatic heterocycles. The Labute approximate surface area is 250 Å². The summed E-state index contributed by atoms with van der Waals surface area (Å²) in [6.07, 6.45) is 2.25. The van der Waals surface area contributed by atoms with Crippen LogP contribution in [0, 0.1) is 25.5 Å². The molecule has 2 atom stereocenters. The van der Waals surface area contributed by atoms with Gasteiger partial charge in [0.15, 0.2) is 0 Å². The Balaban J connectivity index is 1.64. The first kappa shape index (κ1) is 28.9. The van der Waals surface area contributed by atoms with Crippen molar-refractivity contribution in [1.29, 1.82) is 0 Å². The summed E-state index contributed by atoms with van der Waals surface area (Å²) in [5.74, 6) is -2.31. The van der Waals surface area contributed by atoms with Crippen LogP contribution in [-0.2, 0) is 14.3 Å². The standard InChI is InChI=1S/C34H28F2N2O6/c1-4-42-29(39)17-26-24-15-20(14-19(3)31(24)36)30-18(2)6-5-7-28(30)44-21-8-9-25(35)23(16-21)32(33(40)37-26)38-12-10-27-22(34(38)41)11-13-43-27/h5-16,26,32H,4,17H2,1-3H3,(H,37,40)/t26-,32-/m0/s1. The minimum absolute atomic E-state index is 0.0263. The van der Waals surface area contributed by atoms with Crippen molar-refractivity contribution >= 4 is 22.8 Å². The number of carbonyl (C=O) groups is 2. The van der Waals surface area contributed by atoms with Crippen LogP contribution in [0.2, 0.25) is 0 Å². The van der Waals surface area contributed by atoms with E-state index >= 15 is 8.78 Å². The van der Waals surface area contributed by atoms with Crippen LogP contribution >= 0.6 is 0 Å². The number of pyridine rings is 1. The Hall–Kier alpha value is -5.25. The van der Waals surface area contributed by atoms with E-state index in [1.807, 2.05) is 13.0 Å². The van der Waals surface area contributed by atoms with Crippen molar-refractivity contribution in [3.05, 3.63) is 117 Å². The predicted octanol–water partition coefficient (Wildman–Crippen LogP) is 6.66. The number of halogens is 2. The zero-order chi connectivity index (χ0) is 31.1. The topological polar surface area (TPSA) is 99.8 Å². The summed E-state index contributed by atoms with van der Waals surface area (Å²) in [6.45, 7) is 5.17. The SMILES string of the molecule is CCOC(=O)C[C@@H]1NC(=O)[C@@H](n2ccc3occc3c2=O)c2cc(ccc2F)Oc2cccc(C)c2-c2cc(C)c(F)c1c2. The normalized spacial score (nSPS) is 16.2. The molecule has 1 amide bonds. The van der Waals surface area contributed by atoms with Crippen molar-refractivity contribution in [1.82, 2.24) is 9.88 Å². The Bertz CT molecular complexity index is 2000. The zero-order valence-corrected chi connectivity index (χ0v) is 24.1. The minimum Gasteiger partial charge on any atom is -0.466 e. The average molecular weight is 599 g/mol. The largest absolute Gasteiger partial charge is 0.466 e. The number of carbonyl (C=O) groups excluding carboxylic acids is 2. The van der Waals surface area contributed by atoms with Crippen molar-refractivity contribution in [3.63, 3.8) is 0 Å². The van der Waals surface area contributed by atoms with E-state index < -0.39 is 47.6 Å². The van der Waals surface area contributed by atoms with Gasteiger partial charge in [-0.2, -0.15) is 0 Å². The first-order chi connectivity index (χ1) is 21.2. The van der Waals surface area contributed by atoms with E-state index in [-0.39, 0.29) is 40.0 Å². The number of aryl methyl sites for hydroxylation is 2. The first-order valence-electron chi connectivity index (χ1n) is 14.1. The van der Waals surface area contributed by atoms with Crippen molar-refractivity contribution in [2.75, 3.05) is 6.61 Å². The molecule has 44 heavy (non-hydrogen) atoms. The van der Waals surface area contributed by atoms with Crippen molar-refractivity contribution in [2.45, 2.75) is 39.3 Å². The Kier molecular flexibility index (Phi) is 7.50. The van der Waals surface area contributed by atoms with Gasteiger partial charge in [0.1, 0.15) is 34.8 Å². The summed E-state index contributed by atoms with van der Waals surface area (Å²) >= 11 is 0. The van der Waals surface area contributed by atoms with Crippen LogP contribution < -0.4 is 15.6 Å². The molecule has 2 aromatic heterocycles. The van der Waals surface area contributed by atoms with Gasteiger partial charge in [0.05, 0.1) is 30.7 Å². The number of esters is 1. The summed E-state index contributed by atoms with van der Waals surface area (Å²) in [7, 11) is 0. The monoisotopic (exact) mass is 598 g/mol. The van der Waals surface area contributed by atoms with Crippen LogP contribution in [0.3, 0.4) is 0 Å². The molecular weight excluding hydrogens is 570 g/mol. The van der Waals surface area contributed by atoms with Gasteiger partial charge in [-0.25, -0.2) is 8.78 Å². The molecular formula is C34H28F2N2O6. The molecule has 0 saturated carbocycles. The van der Waals surface area contributed by atoms with Crippen molar-refractivity contribution in [3.8, 4) is 22.6 Å². The quantitative estimate of drug-likeness (QED) is 0.232. The van der Waals surface area contributed by atoms with Crippen LogP contribution in [0.15, 0.2) is 82.3 Å². The smallest absolute Gasteiger partial charge is 0.308 e. The minimum atomic E-state index is -1.57. The number of aromatic nitrogens is 1. The lowest BCUT2D eigenvalue weighted by atomic mass is 9.92. The molecule has 3 aromatic carbocycles. The fraction of sp³-hybridized carbons (Fsp3) is 0.206. The Morgan fingerprint density at radius 3 is 2.61 bits per heavy atom. The maximum absolute atomic E-state index is 15.9. The van der Waals surface area contributed by atoms with E-state index in [1.165, 1.54) is 36.7 Å². The molecule has 1 N–H and O–H groups in total. The number of rotatable bonds is 4. The zero-order valence-electron chi connectivity index (χ0n) is 24.1. The molecule has 0 unspecified atom stereocenters. The molecule has 5 aromatic rings. The van der Waals surface area contributed by atoms with Gasteiger partial charge in [-0.15, -0.1) is 0 Å². The number of nitrogens with zero attached hydrogens (tertiary/aromatic N) is 1. The molecule has 1 aliphatic rings. The highest BCUT2D eigenvalue weighted by Crippen LogP contribution is 2.40. The Morgan fingerprint density at radius 2 is 1.82 bits per heavy atom. The second-order valence-corrected chi connectivity index (χ2v) is 10.6. The van der Waals surface area contributed by atoms with E-state index in [4.69, 9.17) is 13.9 Å². The average Bonchev–Trinajstić information content (AvgIpc) is 3.47. The molecule has 0 aliphatic carbocycles. The van der Waals surface area contributed by atoms with Crippen LogP contribution in [0.4, 0.5) is 8.78 Å². The van der Waals surface area contributed by atoms with E-state index in [2.05, 4.69) is 5.32 Å². The van der Waals surface area contributed by atoms with Gasteiger partial charge < -0.3 is 19.2 Å². The van der Waals surface area contributed by atoms with Gasteiger partial charge in [0.25, 0.3) is 5.56 Å². The molecule has 6 rings (SSSR count). The number of nitrogens with one attached hydrogen (secondary N) is 1. The highest BCUT2D eigenvalue weighted by Gasteiger charge is 2.33. The first-order valence-corrected chi connectivity index (χ1v) is 14.1. The van der Waals surface area contributed by atoms with Gasteiger partial charge in [-0.3, -0.25) is 19.0 Å². The number of benzene rings is 3. The molecule has 3 heterocycles. The third kappa shape index (κ3) is 5.12. The number of fused-ring (bicyclic) bond motifs is 7. The second kappa shape index (κ2) is 11.4. The van der Waals surface area contributed by atoms with Crippen LogP contribution in [0.25, 0.3) is 22.1 Å². The van der Waals surface area contributed by atoms with Gasteiger partial charge >= 0.3 is 5.97 Å². The fourth-order valence-electron chi connectivity index (χ4n) is 5.69. The third-order valence-electron chi connectivity index (χ3n) is 7.74. The maximum Gasteiger partial charge on any atom is 0.308 e. The third-order valence-corrected chi connectivity index (χ3v) is 7.74. The lowest BCUT2D eigenvalue weighted by Crippen LogP contribution is -2.40. The molecule has 0 saturated heterocycles. The van der Waals surface area contributed by atoms with E-state index in [0.717, 1.165) is 16.2 Å². The fourth-order valence-corrected chi connectivity index (χ4v) is 5.69. The molecule has 0 spiro atoms. The van der Waals surface area contributed by atoms with Crippen LogP contribution in [-0.4, -0.2) is 23.1 Å². The summed E-state index contributed by atoms with van der Waals surface area (Å²) < 4.78 is 49.4. The number of amides is 1. The number of hydrogen-bond donors (Lipinski definition) is 1.